The van der Waals surface area contributed by atoms with Crippen LogP contribution < -0.4 is 21.3 Å². The van der Waals surface area contributed by atoms with E-state index in [4.69, 9.17) is 9.84 Å². The number of hydrogen-bond acceptors (Lipinski definition) is 7. The van der Waals surface area contributed by atoms with Gasteiger partial charge in [0.25, 0.3) is 0 Å². The highest BCUT2D eigenvalue weighted by Crippen LogP contribution is 2.16. The summed E-state index contributed by atoms with van der Waals surface area (Å²) in [6.45, 7) is 17.3. The van der Waals surface area contributed by atoms with Crippen LogP contribution in [0.1, 0.15) is 114 Å². The Balaban J connectivity index is 5.55. The molecular weight excluding hydrogens is 540 g/mol. The second-order valence-corrected chi connectivity index (χ2v) is 12.9. The van der Waals surface area contributed by atoms with Gasteiger partial charge in [0.2, 0.25) is 17.7 Å². The Labute approximate surface area is 253 Å². The highest BCUT2D eigenvalue weighted by molar-refractivity contribution is 5.91. The molecule has 0 spiro atoms. The summed E-state index contributed by atoms with van der Waals surface area (Å²) in [5, 5.41) is 31.0. The molecule has 0 radical (unpaired) electrons. The zero-order valence-corrected chi connectivity index (χ0v) is 27.5. The highest BCUT2D eigenvalue weighted by Gasteiger charge is 2.35. The molecule has 0 aliphatic carbocycles. The molecule has 0 rings (SSSR count). The molecule has 11 heteroatoms. The number of carbonyl (C=O) groups is 4. The summed E-state index contributed by atoms with van der Waals surface area (Å²) in [4.78, 5) is 51.9. The second-order valence-electron chi connectivity index (χ2n) is 12.9. The van der Waals surface area contributed by atoms with Crippen molar-refractivity contribution in [3.63, 3.8) is 0 Å². The first kappa shape index (κ1) is 39.6. The first-order valence-corrected chi connectivity index (χ1v) is 15.7. The van der Waals surface area contributed by atoms with Crippen molar-refractivity contribution in [2.24, 2.45) is 17.8 Å². The summed E-state index contributed by atoms with van der Waals surface area (Å²) in [6, 6.07) is -2.51. The van der Waals surface area contributed by atoms with Crippen LogP contribution in [0.25, 0.3) is 0 Å². The molecule has 0 aliphatic heterocycles. The lowest BCUT2D eigenvalue weighted by Crippen LogP contribution is -2.59. The minimum absolute atomic E-state index is 0.129. The molecule has 11 nitrogen and oxygen atoms in total. The van der Waals surface area contributed by atoms with Gasteiger partial charge in [-0.05, 0) is 57.8 Å². The number of nitrogens with one attached hydrogen (secondary N) is 4. The molecule has 42 heavy (non-hydrogen) atoms. The van der Waals surface area contributed by atoms with E-state index < -0.39 is 47.7 Å². The number of carbonyl (C=O) groups excluding carboxylic acids is 4. The molecule has 0 heterocycles. The molecule has 0 aliphatic rings. The Kier molecular flexibility index (Phi) is 19.3. The Morgan fingerprint density at radius 1 is 0.786 bits per heavy atom. The quantitative estimate of drug-likeness (QED) is 0.117. The van der Waals surface area contributed by atoms with Crippen molar-refractivity contribution >= 4 is 23.8 Å². The van der Waals surface area contributed by atoms with Crippen LogP contribution in [-0.2, 0) is 19.1 Å². The number of ether oxygens (including phenoxy) is 1. The number of alkyl carbamates (subject to hydrolysis) is 1. The van der Waals surface area contributed by atoms with Crippen LogP contribution in [0, 0.1) is 17.8 Å². The van der Waals surface area contributed by atoms with Gasteiger partial charge < -0.3 is 36.2 Å². The summed E-state index contributed by atoms with van der Waals surface area (Å²) < 4.78 is 5.35. The first-order valence-electron chi connectivity index (χ1n) is 15.7. The molecule has 0 saturated heterocycles. The maximum Gasteiger partial charge on any atom is 0.408 e. The number of aliphatic hydroxyl groups is 2. The second kappa shape index (κ2) is 20.5. The average molecular weight is 601 g/mol. The van der Waals surface area contributed by atoms with Gasteiger partial charge in [-0.1, -0.05) is 67.2 Å². The summed E-state index contributed by atoms with van der Waals surface area (Å²) in [5.41, 5.74) is -0.733. The molecule has 0 aromatic rings. The third-order valence-electron chi connectivity index (χ3n) is 7.28. The molecule has 3 unspecified atom stereocenters. The van der Waals surface area contributed by atoms with Crippen LogP contribution >= 0.6 is 0 Å². The molecule has 0 saturated carbocycles. The van der Waals surface area contributed by atoms with Crippen LogP contribution in [0.15, 0.2) is 0 Å². The molecule has 6 N–H and O–H groups in total. The molecule has 0 bridgehead atoms. The smallest absolute Gasteiger partial charge is 0.408 e. The SMILES string of the molecule is CCC(C)[C@H](NC(=O)OC(C)(C)C)C(=O)N[C@H](C(=O)N[C@@H](CC(C)C)C(O)CC(=O)NCCCCCCO)C(C)CC. The van der Waals surface area contributed by atoms with Gasteiger partial charge in [-0.2, -0.15) is 0 Å². The van der Waals surface area contributed by atoms with E-state index >= 15 is 0 Å². The summed E-state index contributed by atoms with van der Waals surface area (Å²) in [7, 11) is 0. The number of amides is 4. The van der Waals surface area contributed by atoms with Crippen LogP contribution in [0.2, 0.25) is 0 Å². The predicted octanol–water partition coefficient (Wildman–Crippen LogP) is 3.41. The average Bonchev–Trinajstić information content (AvgIpc) is 2.89. The molecule has 246 valence electrons. The van der Waals surface area contributed by atoms with Crippen LogP contribution in [0.5, 0.6) is 0 Å². The van der Waals surface area contributed by atoms with E-state index in [1.807, 2.05) is 41.5 Å². The van der Waals surface area contributed by atoms with Gasteiger partial charge in [0, 0.05) is 13.2 Å². The Bertz CT molecular complexity index is 816. The molecule has 4 amide bonds. The van der Waals surface area contributed by atoms with E-state index in [2.05, 4.69) is 21.3 Å². The van der Waals surface area contributed by atoms with E-state index in [1.54, 1.807) is 20.8 Å². The zero-order chi connectivity index (χ0) is 32.5. The lowest BCUT2D eigenvalue weighted by atomic mass is 9.93. The molecular formula is C31H60N4O7. The van der Waals surface area contributed by atoms with Crippen molar-refractivity contribution in [3.05, 3.63) is 0 Å². The standard InChI is InChI=1S/C31H60N4O7/c1-10-21(5)26(34-29(40)27(22(6)11-2)35-30(41)42-31(7,8)9)28(39)33-23(18-20(3)4)24(37)19-25(38)32-16-14-12-13-15-17-36/h20-24,26-27,36-37H,10-19H2,1-9H3,(H,32,38)(H,33,39)(H,34,40)(H,35,41)/t21?,22?,23-,24?,26-,27-/m0/s1. The lowest BCUT2D eigenvalue weighted by Gasteiger charge is -2.32. The van der Waals surface area contributed by atoms with Crippen molar-refractivity contribution in [3.8, 4) is 0 Å². The topological polar surface area (TPSA) is 166 Å². The first-order chi connectivity index (χ1) is 19.6. The summed E-state index contributed by atoms with van der Waals surface area (Å²) >= 11 is 0. The van der Waals surface area contributed by atoms with E-state index in [0.717, 1.165) is 25.7 Å². The summed E-state index contributed by atoms with van der Waals surface area (Å²) in [6.07, 6.45) is 2.97. The third-order valence-corrected chi connectivity index (χ3v) is 7.28. The van der Waals surface area contributed by atoms with Crippen molar-refractivity contribution < 1.29 is 34.1 Å². The maximum absolute atomic E-state index is 13.6. The van der Waals surface area contributed by atoms with E-state index in [1.165, 1.54) is 0 Å². The number of aliphatic hydroxyl groups excluding tert-OH is 2. The van der Waals surface area contributed by atoms with Gasteiger partial charge in [-0.3, -0.25) is 14.4 Å². The van der Waals surface area contributed by atoms with Gasteiger partial charge in [-0.15, -0.1) is 0 Å². The fourth-order valence-corrected chi connectivity index (χ4v) is 4.40. The molecule has 0 aromatic heterocycles. The van der Waals surface area contributed by atoms with Crippen molar-refractivity contribution in [1.29, 1.82) is 0 Å². The van der Waals surface area contributed by atoms with Gasteiger partial charge in [-0.25, -0.2) is 4.79 Å². The molecule has 6 atom stereocenters. The molecule has 0 aromatic carbocycles. The Morgan fingerprint density at radius 2 is 1.31 bits per heavy atom. The van der Waals surface area contributed by atoms with Crippen LogP contribution in [-0.4, -0.2) is 77.0 Å². The van der Waals surface area contributed by atoms with Crippen LogP contribution in [0.4, 0.5) is 4.79 Å². The lowest BCUT2D eigenvalue weighted by molar-refractivity contribution is -0.133. The number of unbranched alkanes of at least 4 members (excludes halogenated alkanes) is 3. The third kappa shape index (κ3) is 16.9. The van der Waals surface area contributed by atoms with E-state index in [-0.39, 0.29) is 36.7 Å². The van der Waals surface area contributed by atoms with Crippen molar-refractivity contribution in [2.75, 3.05) is 13.2 Å². The van der Waals surface area contributed by atoms with E-state index in [9.17, 15) is 24.3 Å². The predicted molar refractivity (Wildman–Crippen MR) is 165 cm³/mol. The van der Waals surface area contributed by atoms with E-state index in [0.29, 0.717) is 25.8 Å². The van der Waals surface area contributed by atoms with Crippen molar-refractivity contribution in [1.82, 2.24) is 21.3 Å². The number of hydrogen-bond donors (Lipinski definition) is 6. The largest absolute Gasteiger partial charge is 0.444 e. The summed E-state index contributed by atoms with van der Waals surface area (Å²) in [5.74, 6) is -1.57. The monoisotopic (exact) mass is 600 g/mol. The van der Waals surface area contributed by atoms with Crippen molar-refractivity contribution in [2.45, 2.75) is 144 Å². The number of rotatable bonds is 20. The molecule has 0 fully saturated rings. The van der Waals surface area contributed by atoms with Crippen LogP contribution in [0.3, 0.4) is 0 Å². The minimum Gasteiger partial charge on any atom is -0.444 e. The maximum atomic E-state index is 13.6. The van der Waals surface area contributed by atoms with Gasteiger partial charge >= 0.3 is 6.09 Å². The fraction of sp³-hybridized carbons (Fsp3) is 0.871. The normalized spacial score (nSPS) is 16.0. The fourth-order valence-electron chi connectivity index (χ4n) is 4.40. The van der Waals surface area contributed by atoms with Gasteiger partial charge in [0.15, 0.2) is 0 Å². The Morgan fingerprint density at radius 3 is 1.81 bits per heavy atom. The highest BCUT2D eigenvalue weighted by atomic mass is 16.6. The van der Waals surface area contributed by atoms with Gasteiger partial charge in [0.1, 0.15) is 17.7 Å². The zero-order valence-electron chi connectivity index (χ0n) is 27.5. The Hall–Kier alpha value is -2.40. The van der Waals surface area contributed by atoms with Gasteiger partial charge in [0.05, 0.1) is 18.6 Å². The minimum atomic E-state index is -1.11.